The number of carboxylic acids is 1. The van der Waals surface area contributed by atoms with Crippen LogP contribution in [0, 0.1) is 11.6 Å². The van der Waals surface area contributed by atoms with Gasteiger partial charge in [-0.3, -0.25) is 4.79 Å². The Morgan fingerprint density at radius 1 is 1.27 bits per heavy atom. The highest BCUT2D eigenvalue weighted by atomic mass is 32.1. The lowest BCUT2D eigenvalue weighted by Gasteiger charge is -2.10. The Labute approximate surface area is 152 Å². The number of carbonyl (C=O) groups is 1. The van der Waals surface area contributed by atoms with Crippen molar-refractivity contribution in [2.24, 2.45) is 0 Å². The van der Waals surface area contributed by atoms with Gasteiger partial charge in [0, 0.05) is 6.42 Å². The number of aliphatic carboxylic acids is 1. The molecule has 136 valence electrons. The van der Waals surface area contributed by atoms with Crippen LogP contribution >= 0.6 is 11.5 Å². The minimum Gasteiger partial charge on any atom is -0.482 e. The molecule has 0 radical (unpaired) electrons. The monoisotopic (exact) mass is 378 g/mol. The Balaban J connectivity index is 1.72. The molecule has 0 amide bonds. The summed E-state index contributed by atoms with van der Waals surface area (Å²) in [5.41, 5.74) is 1.85. The van der Waals surface area contributed by atoms with Crippen molar-refractivity contribution in [2.75, 3.05) is 0 Å². The van der Waals surface area contributed by atoms with E-state index in [0.717, 1.165) is 42.1 Å². The van der Waals surface area contributed by atoms with Crippen molar-refractivity contribution in [3.63, 3.8) is 0 Å². The minimum atomic E-state index is -1.03. The van der Waals surface area contributed by atoms with Gasteiger partial charge in [0.2, 0.25) is 0 Å². The van der Waals surface area contributed by atoms with Gasteiger partial charge in [0.25, 0.3) is 0 Å². The lowest BCUT2D eigenvalue weighted by atomic mass is 10.0. The highest BCUT2D eigenvalue weighted by molar-refractivity contribution is 7.05. The first-order valence-corrected chi connectivity index (χ1v) is 8.82. The predicted octanol–water partition coefficient (Wildman–Crippen LogP) is 4.15. The lowest BCUT2D eigenvalue weighted by Crippen LogP contribution is -2.03. The average Bonchev–Trinajstić information content (AvgIpc) is 3.08. The normalized spacial score (nSPS) is 13.5. The van der Waals surface area contributed by atoms with E-state index in [0.29, 0.717) is 10.6 Å². The van der Waals surface area contributed by atoms with Crippen LogP contribution in [0.4, 0.5) is 8.78 Å². The standard InChI is InChI=1S/C18H16F2N2O3S/c19-13-8-11(6-7-16(23)24)9-14(20)18(13)25-10-15-17(21-22-26-15)12-4-2-1-3-5-12/h2,4-5,8-9H,1,3,6-7,10H2,(H,23,24). The molecule has 5 nitrogen and oxygen atoms in total. The number of hydrogen-bond donors (Lipinski definition) is 1. The highest BCUT2D eigenvalue weighted by Crippen LogP contribution is 2.28. The van der Waals surface area contributed by atoms with Gasteiger partial charge >= 0.3 is 5.97 Å². The van der Waals surface area contributed by atoms with Gasteiger partial charge < -0.3 is 9.84 Å². The Morgan fingerprint density at radius 2 is 2.04 bits per heavy atom. The van der Waals surface area contributed by atoms with Crippen LogP contribution in [0.25, 0.3) is 5.57 Å². The highest BCUT2D eigenvalue weighted by Gasteiger charge is 2.17. The van der Waals surface area contributed by atoms with Crippen molar-refractivity contribution in [3.05, 3.63) is 58.1 Å². The molecule has 1 aromatic carbocycles. The number of aryl methyl sites for hydroxylation is 1. The summed E-state index contributed by atoms with van der Waals surface area (Å²) in [6.45, 7) is -0.0551. The third-order valence-corrected chi connectivity index (χ3v) is 4.55. The van der Waals surface area contributed by atoms with Crippen LogP contribution in [-0.2, 0) is 17.8 Å². The molecule has 0 aliphatic heterocycles. The van der Waals surface area contributed by atoms with Crippen LogP contribution < -0.4 is 4.74 Å². The van der Waals surface area contributed by atoms with Crippen molar-refractivity contribution in [2.45, 2.75) is 32.3 Å². The molecular formula is C18H16F2N2O3S. The van der Waals surface area contributed by atoms with Gasteiger partial charge in [0.15, 0.2) is 17.4 Å². The Kier molecular flexibility index (Phi) is 5.72. The van der Waals surface area contributed by atoms with Gasteiger partial charge in [0.1, 0.15) is 12.3 Å². The molecule has 0 atom stereocenters. The third-order valence-electron chi connectivity index (χ3n) is 3.86. The first-order valence-electron chi connectivity index (χ1n) is 8.05. The molecule has 0 saturated carbocycles. The quantitative estimate of drug-likeness (QED) is 0.784. The molecule has 2 aromatic rings. The number of allylic oxidation sites excluding steroid dienone is 4. The third kappa shape index (κ3) is 4.32. The number of benzene rings is 1. The van der Waals surface area contributed by atoms with Crippen LogP contribution in [0.1, 0.15) is 35.4 Å². The molecule has 0 spiro atoms. The Bertz CT molecular complexity index is 854. The van der Waals surface area contributed by atoms with Crippen LogP contribution in [0.2, 0.25) is 0 Å². The van der Waals surface area contributed by atoms with Crippen LogP contribution in [0.5, 0.6) is 5.75 Å². The smallest absolute Gasteiger partial charge is 0.303 e. The zero-order valence-corrected chi connectivity index (χ0v) is 14.6. The van der Waals surface area contributed by atoms with Crippen LogP contribution in [-0.4, -0.2) is 20.7 Å². The fourth-order valence-electron chi connectivity index (χ4n) is 2.60. The summed E-state index contributed by atoms with van der Waals surface area (Å²) < 4.78 is 37.6. The fraction of sp³-hybridized carbons (Fsp3) is 0.278. The molecule has 1 N–H and O–H groups in total. The van der Waals surface area contributed by atoms with Crippen molar-refractivity contribution < 1.29 is 23.4 Å². The number of rotatable bonds is 7. The van der Waals surface area contributed by atoms with Crippen molar-refractivity contribution in [1.82, 2.24) is 9.59 Å². The molecule has 3 rings (SSSR count). The summed E-state index contributed by atoms with van der Waals surface area (Å²) >= 11 is 1.12. The minimum absolute atomic E-state index is 0.0485. The number of ether oxygens (including phenoxy) is 1. The molecule has 0 unspecified atom stereocenters. The summed E-state index contributed by atoms with van der Waals surface area (Å²) in [5.74, 6) is -3.23. The number of carboxylic acid groups (broad SMARTS) is 1. The van der Waals surface area contributed by atoms with E-state index in [1.165, 1.54) is 0 Å². The van der Waals surface area contributed by atoms with E-state index in [2.05, 4.69) is 9.59 Å². The molecular weight excluding hydrogens is 362 g/mol. The van der Waals surface area contributed by atoms with Crippen molar-refractivity contribution >= 4 is 23.1 Å². The summed E-state index contributed by atoms with van der Waals surface area (Å²) in [6.07, 6.45) is 7.75. The van der Waals surface area contributed by atoms with Gasteiger partial charge in [-0.25, -0.2) is 8.78 Å². The van der Waals surface area contributed by atoms with E-state index in [1.54, 1.807) is 0 Å². The number of aromatic nitrogens is 2. The summed E-state index contributed by atoms with van der Waals surface area (Å²) in [4.78, 5) is 11.3. The van der Waals surface area contributed by atoms with Crippen molar-refractivity contribution in [1.29, 1.82) is 0 Å². The second-order valence-electron chi connectivity index (χ2n) is 5.75. The zero-order valence-electron chi connectivity index (χ0n) is 13.7. The van der Waals surface area contributed by atoms with E-state index in [-0.39, 0.29) is 25.0 Å². The van der Waals surface area contributed by atoms with Gasteiger partial charge in [-0.15, -0.1) is 5.10 Å². The fourth-order valence-corrected chi connectivity index (χ4v) is 3.17. The second-order valence-corrected chi connectivity index (χ2v) is 6.59. The van der Waals surface area contributed by atoms with Gasteiger partial charge in [-0.1, -0.05) is 22.7 Å². The average molecular weight is 378 g/mol. The lowest BCUT2D eigenvalue weighted by molar-refractivity contribution is -0.136. The molecule has 8 heteroatoms. The largest absolute Gasteiger partial charge is 0.482 e. The number of hydrogen-bond acceptors (Lipinski definition) is 5. The summed E-state index contributed by atoms with van der Waals surface area (Å²) in [6, 6.07) is 2.19. The van der Waals surface area contributed by atoms with Gasteiger partial charge in [-0.05, 0) is 54.1 Å². The van der Waals surface area contributed by atoms with E-state index in [4.69, 9.17) is 9.84 Å². The topological polar surface area (TPSA) is 72.3 Å². The molecule has 1 aromatic heterocycles. The van der Waals surface area contributed by atoms with Crippen LogP contribution in [0.15, 0.2) is 30.4 Å². The summed E-state index contributed by atoms with van der Waals surface area (Å²) in [5, 5.41) is 12.7. The molecule has 0 bridgehead atoms. The maximum atomic E-state index is 14.2. The van der Waals surface area contributed by atoms with E-state index in [9.17, 15) is 13.6 Å². The second kappa shape index (κ2) is 8.18. The van der Waals surface area contributed by atoms with Gasteiger partial charge in [0.05, 0.1) is 4.88 Å². The predicted molar refractivity (Wildman–Crippen MR) is 92.9 cm³/mol. The molecule has 0 fully saturated rings. The summed E-state index contributed by atoms with van der Waals surface area (Å²) in [7, 11) is 0. The number of halogens is 2. The first kappa shape index (κ1) is 18.2. The SMILES string of the molecule is O=C(O)CCc1cc(F)c(OCc2snnc2C2=CCCC=C2)c(F)c1. The van der Waals surface area contributed by atoms with Crippen molar-refractivity contribution in [3.8, 4) is 5.75 Å². The van der Waals surface area contributed by atoms with E-state index in [1.807, 2.05) is 18.2 Å². The maximum Gasteiger partial charge on any atom is 0.303 e. The molecule has 1 aliphatic rings. The molecule has 1 aliphatic carbocycles. The first-order chi connectivity index (χ1) is 12.5. The Morgan fingerprint density at radius 3 is 2.69 bits per heavy atom. The zero-order chi connectivity index (χ0) is 18.5. The molecule has 1 heterocycles. The van der Waals surface area contributed by atoms with E-state index < -0.39 is 23.4 Å². The molecule has 0 saturated heterocycles. The van der Waals surface area contributed by atoms with E-state index >= 15 is 0 Å². The van der Waals surface area contributed by atoms with Gasteiger partial charge in [-0.2, -0.15) is 0 Å². The Hall–Kier alpha value is -2.61. The molecule has 26 heavy (non-hydrogen) atoms. The maximum absolute atomic E-state index is 14.2. The van der Waals surface area contributed by atoms with Crippen LogP contribution in [0.3, 0.4) is 0 Å². The number of nitrogens with zero attached hydrogens (tertiary/aromatic N) is 2.